The van der Waals surface area contributed by atoms with E-state index in [0.717, 1.165) is 0 Å². The van der Waals surface area contributed by atoms with Crippen molar-refractivity contribution < 1.29 is 18.6 Å². The Morgan fingerprint density at radius 3 is 2.21 bits per heavy atom. The van der Waals surface area contributed by atoms with Gasteiger partial charge in [0.05, 0.1) is 24.8 Å². The fraction of sp³-hybridized carbons (Fsp3) is 0.167. The van der Waals surface area contributed by atoms with E-state index < -0.39 is 0 Å². The highest BCUT2D eigenvalue weighted by Gasteiger charge is 2.09. The molecule has 0 aliphatic carbocycles. The fourth-order valence-electron chi connectivity index (χ4n) is 1.28. The summed E-state index contributed by atoms with van der Waals surface area (Å²) in [6.45, 7) is 0. The predicted molar refractivity (Wildman–Crippen MR) is 69.3 cm³/mol. The average molecular weight is 329 g/mol. The molecule has 0 radical (unpaired) electrons. The Balaban J connectivity index is 2.29. The van der Waals surface area contributed by atoms with Gasteiger partial charge in [0.15, 0.2) is 0 Å². The monoisotopic (exact) mass is 328 g/mol. The Labute approximate surface area is 117 Å². The Hall–Kier alpha value is -1.89. The van der Waals surface area contributed by atoms with Crippen LogP contribution in [0.4, 0.5) is 4.39 Å². The number of hydrogen-bond acceptors (Lipinski definition) is 5. The van der Waals surface area contributed by atoms with Gasteiger partial charge in [-0.1, -0.05) is 0 Å². The third-order valence-corrected chi connectivity index (χ3v) is 2.78. The van der Waals surface area contributed by atoms with Crippen LogP contribution in [0.5, 0.6) is 23.5 Å². The van der Waals surface area contributed by atoms with E-state index >= 15 is 0 Å². The molecule has 0 unspecified atom stereocenters. The Morgan fingerprint density at radius 1 is 1.05 bits per heavy atom. The van der Waals surface area contributed by atoms with Crippen LogP contribution in [0.15, 0.2) is 28.7 Å². The van der Waals surface area contributed by atoms with Crippen molar-refractivity contribution in [3.8, 4) is 23.5 Å². The molecule has 0 fully saturated rings. The largest absolute Gasteiger partial charge is 0.481 e. The van der Waals surface area contributed by atoms with Gasteiger partial charge in [-0.2, -0.15) is 9.97 Å². The number of methoxy groups -OCH3 is 2. The molecule has 0 aliphatic heterocycles. The molecule has 5 nitrogen and oxygen atoms in total. The van der Waals surface area contributed by atoms with E-state index in [1.165, 1.54) is 38.5 Å². The van der Waals surface area contributed by atoms with Gasteiger partial charge in [0.1, 0.15) is 11.6 Å². The van der Waals surface area contributed by atoms with E-state index in [2.05, 4.69) is 25.9 Å². The molecule has 2 rings (SSSR count). The lowest BCUT2D eigenvalue weighted by Gasteiger charge is -2.07. The molecule has 7 heteroatoms. The van der Waals surface area contributed by atoms with Crippen molar-refractivity contribution in [2.75, 3.05) is 14.2 Å². The van der Waals surface area contributed by atoms with Crippen molar-refractivity contribution in [1.29, 1.82) is 0 Å². The van der Waals surface area contributed by atoms with E-state index in [9.17, 15) is 4.39 Å². The second-order valence-electron chi connectivity index (χ2n) is 3.41. The molecule has 0 atom stereocenters. The molecule has 0 amide bonds. The van der Waals surface area contributed by atoms with Crippen LogP contribution in [0.2, 0.25) is 0 Å². The summed E-state index contributed by atoms with van der Waals surface area (Å²) >= 11 is 3.07. The summed E-state index contributed by atoms with van der Waals surface area (Å²) in [4.78, 5) is 8.01. The van der Waals surface area contributed by atoms with Crippen molar-refractivity contribution in [2.24, 2.45) is 0 Å². The van der Waals surface area contributed by atoms with Crippen LogP contribution in [0, 0.1) is 5.82 Å². The lowest BCUT2D eigenvalue weighted by molar-refractivity contribution is 0.348. The third kappa shape index (κ3) is 3.31. The molecule has 19 heavy (non-hydrogen) atoms. The zero-order valence-electron chi connectivity index (χ0n) is 10.2. The first-order valence-corrected chi connectivity index (χ1v) is 6.01. The number of aromatic nitrogens is 2. The number of ether oxygens (including phenoxy) is 3. The highest BCUT2D eigenvalue weighted by molar-refractivity contribution is 9.10. The molecular weight excluding hydrogens is 319 g/mol. The number of rotatable bonds is 4. The molecule has 2 aromatic rings. The van der Waals surface area contributed by atoms with Crippen LogP contribution in [0.25, 0.3) is 0 Å². The summed E-state index contributed by atoms with van der Waals surface area (Å²) in [6, 6.07) is 5.79. The smallest absolute Gasteiger partial charge is 0.328 e. The summed E-state index contributed by atoms with van der Waals surface area (Å²) in [5, 5.41) is 0. The summed E-state index contributed by atoms with van der Waals surface area (Å²) in [7, 11) is 2.94. The van der Waals surface area contributed by atoms with Crippen LogP contribution >= 0.6 is 15.9 Å². The average Bonchev–Trinajstić information content (AvgIpc) is 2.42. The fourth-order valence-corrected chi connectivity index (χ4v) is 1.64. The predicted octanol–water partition coefficient (Wildman–Crippen LogP) is 3.19. The minimum atomic E-state index is -0.378. The van der Waals surface area contributed by atoms with Crippen molar-refractivity contribution in [1.82, 2.24) is 9.97 Å². The summed E-state index contributed by atoms with van der Waals surface area (Å²) in [5.74, 6) is 0.631. The van der Waals surface area contributed by atoms with Crippen molar-refractivity contribution >= 4 is 15.9 Å². The SMILES string of the molecule is COc1cc(OC)nc(Oc2ccc(F)c(Br)c2)n1. The van der Waals surface area contributed by atoms with Gasteiger partial charge in [-0.25, -0.2) is 4.39 Å². The molecule has 1 aromatic heterocycles. The Morgan fingerprint density at radius 2 is 1.68 bits per heavy atom. The topological polar surface area (TPSA) is 53.5 Å². The molecule has 0 saturated heterocycles. The first-order chi connectivity index (χ1) is 9.12. The maximum atomic E-state index is 13.1. The summed E-state index contributed by atoms with van der Waals surface area (Å²) < 4.78 is 28.8. The van der Waals surface area contributed by atoms with Gasteiger partial charge in [0, 0.05) is 0 Å². The number of halogens is 2. The maximum absolute atomic E-state index is 13.1. The van der Waals surface area contributed by atoms with Crippen LogP contribution in [0.3, 0.4) is 0 Å². The van der Waals surface area contributed by atoms with Gasteiger partial charge in [0.2, 0.25) is 11.8 Å². The number of benzene rings is 1. The number of hydrogen-bond donors (Lipinski definition) is 0. The third-order valence-electron chi connectivity index (χ3n) is 2.18. The zero-order valence-corrected chi connectivity index (χ0v) is 11.8. The van der Waals surface area contributed by atoms with Crippen molar-refractivity contribution in [3.05, 3.63) is 34.6 Å². The molecule has 0 aliphatic rings. The Kier molecular flexibility index (Phi) is 4.16. The molecule has 0 N–H and O–H groups in total. The van der Waals surface area contributed by atoms with Crippen molar-refractivity contribution in [3.63, 3.8) is 0 Å². The summed E-state index contributed by atoms with van der Waals surface area (Å²) in [6.07, 6.45) is 0. The highest BCUT2D eigenvalue weighted by atomic mass is 79.9. The molecule has 0 bridgehead atoms. The van der Waals surface area contributed by atoms with E-state index in [1.54, 1.807) is 0 Å². The van der Waals surface area contributed by atoms with Crippen LogP contribution < -0.4 is 14.2 Å². The highest BCUT2D eigenvalue weighted by Crippen LogP contribution is 2.26. The van der Waals surface area contributed by atoms with E-state index in [4.69, 9.17) is 14.2 Å². The van der Waals surface area contributed by atoms with Crippen LogP contribution in [-0.4, -0.2) is 24.2 Å². The molecule has 100 valence electrons. The molecule has 0 saturated carbocycles. The normalized spacial score (nSPS) is 10.1. The quantitative estimate of drug-likeness (QED) is 0.862. The number of nitrogens with zero attached hydrogens (tertiary/aromatic N) is 2. The molecule has 1 heterocycles. The standard InChI is InChI=1S/C12H10BrFN2O3/c1-17-10-6-11(18-2)16-12(15-10)19-7-3-4-9(14)8(13)5-7/h3-6H,1-2H3. The van der Waals surface area contributed by atoms with E-state index in [1.807, 2.05) is 0 Å². The Bertz CT molecular complexity index is 573. The second kappa shape index (κ2) is 5.83. The first kappa shape index (κ1) is 13.5. The molecule has 0 spiro atoms. The van der Waals surface area contributed by atoms with Gasteiger partial charge in [0.25, 0.3) is 0 Å². The summed E-state index contributed by atoms with van der Waals surface area (Å²) in [5.41, 5.74) is 0. The zero-order chi connectivity index (χ0) is 13.8. The lowest BCUT2D eigenvalue weighted by Crippen LogP contribution is -1.98. The maximum Gasteiger partial charge on any atom is 0.328 e. The van der Waals surface area contributed by atoms with Gasteiger partial charge < -0.3 is 14.2 Å². The second-order valence-corrected chi connectivity index (χ2v) is 4.27. The minimum absolute atomic E-state index is 0.0507. The van der Waals surface area contributed by atoms with Crippen molar-refractivity contribution in [2.45, 2.75) is 0 Å². The van der Waals surface area contributed by atoms with Gasteiger partial charge >= 0.3 is 6.01 Å². The van der Waals surface area contributed by atoms with E-state index in [0.29, 0.717) is 22.0 Å². The molecule has 1 aromatic carbocycles. The van der Waals surface area contributed by atoms with Crippen LogP contribution in [-0.2, 0) is 0 Å². The van der Waals surface area contributed by atoms with E-state index in [-0.39, 0.29) is 11.8 Å². The molecular formula is C12H10BrFN2O3. The van der Waals surface area contributed by atoms with Crippen LogP contribution in [0.1, 0.15) is 0 Å². The van der Waals surface area contributed by atoms with Gasteiger partial charge in [-0.3, -0.25) is 0 Å². The minimum Gasteiger partial charge on any atom is -0.481 e. The van der Waals surface area contributed by atoms with Gasteiger partial charge in [-0.15, -0.1) is 0 Å². The first-order valence-electron chi connectivity index (χ1n) is 5.22. The van der Waals surface area contributed by atoms with Gasteiger partial charge in [-0.05, 0) is 34.1 Å². The lowest BCUT2D eigenvalue weighted by atomic mass is 10.3.